The van der Waals surface area contributed by atoms with Crippen LogP contribution in [0.4, 0.5) is 17.1 Å². The Morgan fingerprint density at radius 3 is 2.44 bits per heavy atom. The van der Waals surface area contributed by atoms with Crippen molar-refractivity contribution in [3.8, 4) is 0 Å². The zero-order chi connectivity index (χ0) is 18.6. The summed E-state index contributed by atoms with van der Waals surface area (Å²) in [7, 11) is 1.84. The van der Waals surface area contributed by atoms with E-state index in [0.717, 1.165) is 22.8 Å². The maximum absolute atomic E-state index is 12.2. The van der Waals surface area contributed by atoms with Gasteiger partial charge in [0, 0.05) is 24.3 Å². The largest absolute Gasteiger partial charge is 0.376 e. The van der Waals surface area contributed by atoms with Crippen LogP contribution in [0.1, 0.15) is 25.2 Å². The lowest BCUT2D eigenvalue weighted by Gasteiger charge is -2.11. The molecule has 0 fully saturated rings. The van der Waals surface area contributed by atoms with E-state index in [4.69, 9.17) is 0 Å². The van der Waals surface area contributed by atoms with Crippen LogP contribution in [0.3, 0.4) is 0 Å². The van der Waals surface area contributed by atoms with Gasteiger partial charge in [-0.15, -0.1) is 0 Å². The molecule has 3 N–H and O–H groups in total. The number of aromatic nitrogens is 2. The molecule has 0 radical (unpaired) electrons. The predicted molar refractivity (Wildman–Crippen MR) is 99.7 cm³/mol. The lowest BCUT2D eigenvalue weighted by molar-refractivity contribution is -0.119. The Kier molecular flexibility index (Phi) is 5.80. The Balaban J connectivity index is 1.94. The van der Waals surface area contributed by atoms with Crippen molar-refractivity contribution in [3.05, 3.63) is 35.7 Å². The van der Waals surface area contributed by atoms with Crippen LogP contribution in [-0.4, -0.2) is 28.1 Å². The molecule has 0 bridgehead atoms. The van der Waals surface area contributed by atoms with Crippen molar-refractivity contribution in [3.63, 3.8) is 0 Å². The highest BCUT2D eigenvalue weighted by molar-refractivity contribution is 5.95. The van der Waals surface area contributed by atoms with Gasteiger partial charge in [0.15, 0.2) is 0 Å². The van der Waals surface area contributed by atoms with E-state index in [1.807, 2.05) is 52.9 Å². The maximum Gasteiger partial charge on any atom is 0.243 e. The second-order valence-corrected chi connectivity index (χ2v) is 6.30. The van der Waals surface area contributed by atoms with Crippen LogP contribution >= 0.6 is 0 Å². The Bertz CT molecular complexity index is 780. The summed E-state index contributed by atoms with van der Waals surface area (Å²) in [5, 5.41) is 13.1. The van der Waals surface area contributed by atoms with Gasteiger partial charge >= 0.3 is 0 Å². The van der Waals surface area contributed by atoms with Crippen LogP contribution in [0, 0.1) is 19.8 Å². The molecule has 1 aromatic carbocycles. The van der Waals surface area contributed by atoms with Crippen LogP contribution in [0.5, 0.6) is 0 Å². The number of carbonyl (C=O) groups excluding carboxylic acids is 2. The molecule has 0 saturated carbocycles. The zero-order valence-electron chi connectivity index (χ0n) is 15.3. The van der Waals surface area contributed by atoms with Gasteiger partial charge in [-0.1, -0.05) is 19.9 Å². The summed E-state index contributed by atoms with van der Waals surface area (Å²) in [6.45, 7) is 7.56. The first-order chi connectivity index (χ1) is 11.8. The fourth-order valence-electron chi connectivity index (χ4n) is 2.31. The molecule has 7 heteroatoms. The van der Waals surface area contributed by atoms with Crippen LogP contribution in [-0.2, 0) is 16.6 Å². The molecule has 0 saturated heterocycles. The normalized spacial score (nSPS) is 10.6. The number of hydrogen-bond acceptors (Lipinski definition) is 4. The third-order valence-corrected chi connectivity index (χ3v) is 3.88. The zero-order valence-corrected chi connectivity index (χ0v) is 15.3. The summed E-state index contributed by atoms with van der Waals surface area (Å²) in [5.41, 5.74) is 3.89. The third-order valence-electron chi connectivity index (χ3n) is 3.88. The highest BCUT2D eigenvalue weighted by atomic mass is 16.2. The predicted octanol–water partition coefficient (Wildman–Crippen LogP) is 2.68. The molecule has 2 aromatic rings. The fourth-order valence-corrected chi connectivity index (χ4v) is 2.31. The van der Waals surface area contributed by atoms with E-state index < -0.39 is 0 Å². The van der Waals surface area contributed by atoms with Gasteiger partial charge in [-0.05, 0) is 32.0 Å². The number of nitrogens with one attached hydrogen (secondary N) is 3. The standard InChI is InChI=1S/C18H25N5O2/c1-11(2)18(25)20-15-8-6-7-14(9-15)19-10-16(24)21-17-12(3)22-23(5)13(17)4/h6-9,11,19H,10H2,1-5H3,(H,20,25)(H,21,24). The van der Waals surface area contributed by atoms with Crippen LogP contribution in [0.15, 0.2) is 24.3 Å². The average molecular weight is 343 g/mol. The van der Waals surface area contributed by atoms with Gasteiger partial charge in [-0.2, -0.15) is 5.10 Å². The Morgan fingerprint density at radius 2 is 1.84 bits per heavy atom. The number of aryl methyl sites for hydroxylation is 2. The van der Waals surface area contributed by atoms with E-state index >= 15 is 0 Å². The number of anilines is 3. The van der Waals surface area contributed by atoms with Gasteiger partial charge < -0.3 is 16.0 Å². The molecule has 134 valence electrons. The molecule has 7 nitrogen and oxygen atoms in total. The molecule has 1 aromatic heterocycles. The highest BCUT2D eigenvalue weighted by Gasteiger charge is 2.12. The van der Waals surface area contributed by atoms with Crippen molar-refractivity contribution in [2.45, 2.75) is 27.7 Å². The number of hydrogen-bond donors (Lipinski definition) is 3. The van der Waals surface area contributed by atoms with Crippen molar-refractivity contribution in [1.82, 2.24) is 9.78 Å². The smallest absolute Gasteiger partial charge is 0.243 e. The Hall–Kier alpha value is -2.83. The molecule has 0 aliphatic heterocycles. The molecule has 0 unspecified atom stereocenters. The summed E-state index contributed by atoms with van der Waals surface area (Å²) in [6, 6.07) is 7.28. The molecule has 25 heavy (non-hydrogen) atoms. The number of carbonyl (C=O) groups is 2. The first-order valence-corrected chi connectivity index (χ1v) is 8.22. The second-order valence-electron chi connectivity index (χ2n) is 6.30. The minimum atomic E-state index is -0.157. The van der Waals surface area contributed by atoms with Gasteiger partial charge in [0.2, 0.25) is 11.8 Å². The molecular weight excluding hydrogens is 318 g/mol. The molecule has 0 spiro atoms. The van der Waals surface area contributed by atoms with Crippen molar-refractivity contribution in [1.29, 1.82) is 0 Å². The Labute approximate surface area is 147 Å². The van der Waals surface area contributed by atoms with Crippen molar-refractivity contribution >= 4 is 28.9 Å². The highest BCUT2D eigenvalue weighted by Crippen LogP contribution is 2.19. The van der Waals surface area contributed by atoms with Crippen molar-refractivity contribution in [2.75, 3.05) is 22.5 Å². The van der Waals surface area contributed by atoms with Crippen molar-refractivity contribution in [2.24, 2.45) is 13.0 Å². The van der Waals surface area contributed by atoms with E-state index in [0.29, 0.717) is 5.69 Å². The molecule has 0 aliphatic carbocycles. The minimum Gasteiger partial charge on any atom is -0.376 e. The quantitative estimate of drug-likeness (QED) is 0.752. The molecule has 1 heterocycles. The summed E-state index contributed by atoms with van der Waals surface area (Å²) in [5.74, 6) is -0.290. The van der Waals surface area contributed by atoms with Gasteiger partial charge in [0.1, 0.15) is 0 Å². The molecule has 0 aliphatic rings. The third kappa shape index (κ3) is 4.82. The SMILES string of the molecule is Cc1nn(C)c(C)c1NC(=O)CNc1cccc(NC(=O)C(C)C)c1. The van der Waals surface area contributed by atoms with Gasteiger partial charge in [0.05, 0.1) is 23.6 Å². The summed E-state index contributed by atoms with van der Waals surface area (Å²) < 4.78 is 1.74. The summed E-state index contributed by atoms with van der Waals surface area (Å²) in [4.78, 5) is 23.9. The van der Waals surface area contributed by atoms with Crippen molar-refractivity contribution < 1.29 is 9.59 Å². The van der Waals surface area contributed by atoms with Crippen LogP contribution in [0.25, 0.3) is 0 Å². The fraction of sp³-hybridized carbons (Fsp3) is 0.389. The molecular formula is C18H25N5O2. The minimum absolute atomic E-state index is 0.0441. The lowest BCUT2D eigenvalue weighted by atomic mass is 10.2. The van der Waals surface area contributed by atoms with Crippen LogP contribution in [0.2, 0.25) is 0 Å². The van der Waals surface area contributed by atoms with E-state index in [1.165, 1.54) is 0 Å². The van der Waals surface area contributed by atoms with Gasteiger partial charge in [0.25, 0.3) is 0 Å². The lowest BCUT2D eigenvalue weighted by Crippen LogP contribution is -2.22. The van der Waals surface area contributed by atoms with E-state index in [2.05, 4.69) is 21.0 Å². The van der Waals surface area contributed by atoms with E-state index in [1.54, 1.807) is 10.7 Å². The average Bonchev–Trinajstić information content (AvgIpc) is 2.79. The topological polar surface area (TPSA) is 88.1 Å². The maximum atomic E-state index is 12.2. The number of amides is 2. The molecule has 0 atom stereocenters. The first kappa shape index (κ1) is 18.5. The van der Waals surface area contributed by atoms with Crippen LogP contribution < -0.4 is 16.0 Å². The first-order valence-electron chi connectivity index (χ1n) is 8.22. The van der Waals surface area contributed by atoms with Gasteiger partial charge in [-0.25, -0.2) is 0 Å². The number of nitrogens with zero attached hydrogens (tertiary/aromatic N) is 2. The number of rotatable bonds is 6. The second kappa shape index (κ2) is 7.83. The Morgan fingerprint density at radius 1 is 1.16 bits per heavy atom. The number of benzene rings is 1. The van der Waals surface area contributed by atoms with E-state index in [9.17, 15) is 9.59 Å². The monoisotopic (exact) mass is 343 g/mol. The summed E-state index contributed by atoms with van der Waals surface area (Å²) >= 11 is 0. The molecule has 2 rings (SSSR count). The molecule has 2 amide bonds. The summed E-state index contributed by atoms with van der Waals surface area (Å²) in [6.07, 6.45) is 0. The van der Waals surface area contributed by atoms with E-state index in [-0.39, 0.29) is 24.3 Å². The van der Waals surface area contributed by atoms with Gasteiger partial charge in [-0.3, -0.25) is 14.3 Å².